The van der Waals surface area contributed by atoms with Gasteiger partial charge in [0.15, 0.2) is 5.76 Å². The van der Waals surface area contributed by atoms with Crippen LogP contribution < -0.4 is 0 Å². The van der Waals surface area contributed by atoms with Crippen molar-refractivity contribution in [1.29, 1.82) is 0 Å². The molecule has 2 atom stereocenters. The van der Waals surface area contributed by atoms with Gasteiger partial charge in [0.25, 0.3) is 11.8 Å². The first kappa shape index (κ1) is 14.5. The molecule has 0 N–H and O–H groups in total. The molecule has 2 aliphatic rings. The first-order valence-corrected chi connectivity index (χ1v) is 8.84. The van der Waals surface area contributed by atoms with Crippen molar-refractivity contribution in [3.8, 4) is 0 Å². The highest BCUT2D eigenvalue weighted by atomic mass is 32.1. The molecular formula is C17H18N2O3S. The number of furan rings is 1. The van der Waals surface area contributed by atoms with E-state index in [1.807, 2.05) is 26.6 Å². The lowest BCUT2D eigenvalue weighted by Gasteiger charge is -2.36. The SMILES string of the molecule is O=C(c1ccco1)N1C[C@H]2CCCN(C(=O)c3ccsc3)[C@H]2C1. The molecule has 2 aliphatic heterocycles. The van der Waals surface area contributed by atoms with Gasteiger partial charge in [0.2, 0.25) is 0 Å². The molecule has 0 aromatic carbocycles. The van der Waals surface area contributed by atoms with Crippen molar-refractivity contribution < 1.29 is 14.0 Å². The molecule has 0 aliphatic carbocycles. The van der Waals surface area contributed by atoms with Gasteiger partial charge in [-0.05, 0) is 42.3 Å². The molecule has 0 spiro atoms. The van der Waals surface area contributed by atoms with Crippen molar-refractivity contribution in [3.63, 3.8) is 0 Å². The van der Waals surface area contributed by atoms with Crippen LogP contribution in [0.4, 0.5) is 0 Å². The van der Waals surface area contributed by atoms with Gasteiger partial charge >= 0.3 is 0 Å². The molecular weight excluding hydrogens is 312 g/mol. The van der Waals surface area contributed by atoms with Crippen LogP contribution in [0.1, 0.15) is 33.8 Å². The molecule has 2 aromatic heterocycles. The standard InChI is InChI=1S/C17H18N2O3S/c20-16(13-5-8-23-11-13)19-6-1-3-12-9-18(10-14(12)19)17(21)15-4-2-7-22-15/h2,4-5,7-8,11-12,14H,1,3,6,9-10H2/t12-,14+/m1/s1. The number of nitrogens with zero attached hydrogens (tertiary/aromatic N) is 2. The van der Waals surface area contributed by atoms with E-state index in [0.717, 1.165) is 24.9 Å². The van der Waals surface area contributed by atoms with E-state index in [0.29, 0.717) is 24.8 Å². The lowest BCUT2D eigenvalue weighted by atomic mass is 9.91. The van der Waals surface area contributed by atoms with Gasteiger partial charge in [-0.15, -0.1) is 0 Å². The predicted octanol–water partition coefficient (Wildman–Crippen LogP) is 2.72. The number of rotatable bonds is 2. The molecule has 0 radical (unpaired) electrons. The summed E-state index contributed by atoms with van der Waals surface area (Å²) in [6.07, 6.45) is 3.59. The highest BCUT2D eigenvalue weighted by molar-refractivity contribution is 7.08. The minimum Gasteiger partial charge on any atom is -0.459 e. The predicted molar refractivity (Wildman–Crippen MR) is 86.5 cm³/mol. The second-order valence-corrected chi connectivity index (χ2v) is 6.95. The molecule has 4 rings (SSSR count). The second kappa shape index (κ2) is 5.85. The summed E-state index contributed by atoms with van der Waals surface area (Å²) in [7, 11) is 0. The fraction of sp³-hybridized carbons (Fsp3) is 0.412. The zero-order valence-electron chi connectivity index (χ0n) is 12.7. The van der Waals surface area contributed by atoms with Crippen molar-refractivity contribution in [1.82, 2.24) is 9.80 Å². The Labute approximate surface area is 138 Å². The van der Waals surface area contributed by atoms with Crippen LogP contribution >= 0.6 is 11.3 Å². The third kappa shape index (κ3) is 2.57. The van der Waals surface area contributed by atoms with Crippen molar-refractivity contribution in [3.05, 3.63) is 46.5 Å². The van der Waals surface area contributed by atoms with Crippen LogP contribution in [0.15, 0.2) is 39.6 Å². The van der Waals surface area contributed by atoms with Gasteiger partial charge < -0.3 is 14.2 Å². The maximum absolute atomic E-state index is 12.7. The first-order valence-electron chi connectivity index (χ1n) is 7.90. The quantitative estimate of drug-likeness (QED) is 0.851. The summed E-state index contributed by atoms with van der Waals surface area (Å²) >= 11 is 1.54. The van der Waals surface area contributed by atoms with Gasteiger partial charge in [-0.2, -0.15) is 11.3 Å². The Hall–Kier alpha value is -2.08. The van der Waals surface area contributed by atoms with Crippen LogP contribution in [-0.4, -0.2) is 47.3 Å². The smallest absolute Gasteiger partial charge is 0.289 e. The number of fused-ring (bicyclic) bond motifs is 1. The second-order valence-electron chi connectivity index (χ2n) is 6.17. The molecule has 23 heavy (non-hydrogen) atoms. The fourth-order valence-corrected chi connectivity index (χ4v) is 4.34. The van der Waals surface area contributed by atoms with E-state index < -0.39 is 0 Å². The Kier molecular flexibility index (Phi) is 3.69. The van der Waals surface area contributed by atoms with Crippen molar-refractivity contribution >= 4 is 23.2 Å². The number of amides is 2. The topological polar surface area (TPSA) is 53.8 Å². The molecule has 2 amide bonds. The molecule has 120 valence electrons. The van der Waals surface area contributed by atoms with Gasteiger partial charge in [0.1, 0.15) is 0 Å². The van der Waals surface area contributed by atoms with Crippen molar-refractivity contribution in [2.24, 2.45) is 5.92 Å². The van der Waals surface area contributed by atoms with Crippen LogP contribution in [-0.2, 0) is 0 Å². The van der Waals surface area contributed by atoms with E-state index in [1.54, 1.807) is 12.1 Å². The van der Waals surface area contributed by atoms with E-state index in [1.165, 1.54) is 17.6 Å². The summed E-state index contributed by atoms with van der Waals surface area (Å²) in [5, 5.41) is 3.82. The number of carbonyl (C=O) groups excluding carboxylic acids is 2. The van der Waals surface area contributed by atoms with Gasteiger partial charge in [-0.1, -0.05) is 0 Å². The zero-order chi connectivity index (χ0) is 15.8. The summed E-state index contributed by atoms with van der Waals surface area (Å²) in [4.78, 5) is 29.0. The van der Waals surface area contributed by atoms with E-state index >= 15 is 0 Å². The molecule has 0 bridgehead atoms. The average Bonchev–Trinajstić information content (AvgIpc) is 3.33. The molecule has 2 saturated heterocycles. The summed E-state index contributed by atoms with van der Waals surface area (Å²) in [6.45, 7) is 2.08. The minimum absolute atomic E-state index is 0.0765. The largest absolute Gasteiger partial charge is 0.459 e. The Morgan fingerprint density at radius 1 is 1.22 bits per heavy atom. The molecule has 0 unspecified atom stereocenters. The Bertz CT molecular complexity index is 696. The number of carbonyl (C=O) groups is 2. The number of hydrogen-bond acceptors (Lipinski definition) is 4. The summed E-state index contributed by atoms with van der Waals surface area (Å²) < 4.78 is 5.22. The monoisotopic (exact) mass is 330 g/mol. The summed E-state index contributed by atoms with van der Waals surface area (Å²) in [5.74, 6) is 0.755. The molecule has 0 saturated carbocycles. The number of piperidine rings is 1. The zero-order valence-corrected chi connectivity index (χ0v) is 13.5. The van der Waals surface area contributed by atoms with Crippen molar-refractivity contribution in [2.45, 2.75) is 18.9 Å². The van der Waals surface area contributed by atoms with Crippen LogP contribution in [0.5, 0.6) is 0 Å². The van der Waals surface area contributed by atoms with Crippen LogP contribution in [0.25, 0.3) is 0 Å². The molecule has 2 fully saturated rings. The normalized spacial score (nSPS) is 23.8. The van der Waals surface area contributed by atoms with E-state index in [-0.39, 0.29) is 17.9 Å². The molecule has 6 heteroatoms. The van der Waals surface area contributed by atoms with Gasteiger partial charge in [-0.3, -0.25) is 9.59 Å². The van der Waals surface area contributed by atoms with E-state index in [4.69, 9.17) is 4.42 Å². The number of likely N-dealkylation sites (tertiary alicyclic amines) is 2. The number of thiophene rings is 1. The summed E-state index contributed by atoms with van der Waals surface area (Å²) in [5.41, 5.74) is 0.756. The average molecular weight is 330 g/mol. The highest BCUT2D eigenvalue weighted by Gasteiger charge is 2.43. The number of hydrogen-bond donors (Lipinski definition) is 0. The highest BCUT2D eigenvalue weighted by Crippen LogP contribution is 2.32. The van der Waals surface area contributed by atoms with Gasteiger partial charge in [-0.25, -0.2) is 0 Å². The Morgan fingerprint density at radius 2 is 2.13 bits per heavy atom. The molecule has 2 aromatic rings. The lowest BCUT2D eigenvalue weighted by molar-refractivity contribution is 0.0563. The van der Waals surface area contributed by atoms with Crippen LogP contribution in [0.3, 0.4) is 0 Å². The fourth-order valence-electron chi connectivity index (χ4n) is 3.71. The van der Waals surface area contributed by atoms with Crippen molar-refractivity contribution in [2.75, 3.05) is 19.6 Å². The molecule has 5 nitrogen and oxygen atoms in total. The van der Waals surface area contributed by atoms with Gasteiger partial charge in [0.05, 0.1) is 17.9 Å². The maximum Gasteiger partial charge on any atom is 0.289 e. The minimum atomic E-state index is -0.0765. The Morgan fingerprint density at radius 3 is 2.87 bits per heavy atom. The Balaban J connectivity index is 1.52. The third-order valence-electron chi connectivity index (χ3n) is 4.83. The van der Waals surface area contributed by atoms with E-state index in [2.05, 4.69) is 0 Å². The van der Waals surface area contributed by atoms with Gasteiger partial charge in [0, 0.05) is 25.0 Å². The maximum atomic E-state index is 12.7. The lowest BCUT2D eigenvalue weighted by Crippen LogP contribution is -2.48. The van der Waals surface area contributed by atoms with Crippen LogP contribution in [0, 0.1) is 5.92 Å². The van der Waals surface area contributed by atoms with Crippen LogP contribution in [0.2, 0.25) is 0 Å². The summed E-state index contributed by atoms with van der Waals surface area (Å²) in [6, 6.07) is 5.41. The third-order valence-corrected chi connectivity index (χ3v) is 5.51. The molecule has 4 heterocycles. The first-order chi connectivity index (χ1) is 11.2. The van der Waals surface area contributed by atoms with E-state index in [9.17, 15) is 9.59 Å².